The lowest BCUT2D eigenvalue weighted by molar-refractivity contribution is 0.112. The van der Waals surface area contributed by atoms with Crippen LogP contribution in [0, 0.1) is 5.82 Å². The molecule has 0 atom stereocenters. The summed E-state index contributed by atoms with van der Waals surface area (Å²) in [6.07, 6.45) is 0.463. The summed E-state index contributed by atoms with van der Waals surface area (Å²) in [5.74, 6) is -0.672. The van der Waals surface area contributed by atoms with Crippen molar-refractivity contribution in [3.63, 3.8) is 0 Å². The smallest absolute Gasteiger partial charge is 0.165 e. The molecule has 0 saturated heterocycles. The van der Waals surface area contributed by atoms with E-state index in [1.165, 1.54) is 6.07 Å². The van der Waals surface area contributed by atoms with Gasteiger partial charge in [0.2, 0.25) is 0 Å². The number of halogens is 5. The van der Waals surface area contributed by atoms with Gasteiger partial charge in [-0.25, -0.2) is 9.37 Å². The zero-order chi connectivity index (χ0) is 12.7. The summed E-state index contributed by atoms with van der Waals surface area (Å²) in [6, 6.07) is 1.42. The van der Waals surface area contributed by atoms with E-state index in [-0.39, 0.29) is 36.1 Å². The first-order valence-electron chi connectivity index (χ1n) is 4.24. The molecule has 0 saturated carbocycles. The second kappa shape index (κ2) is 4.69. The first-order valence-corrected chi connectivity index (χ1v) is 6.17. The minimum absolute atomic E-state index is 0.0126. The summed E-state index contributed by atoms with van der Waals surface area (Å²) in [4.78, 5) is 14.6. The molecule has 1 aromatic heterocycles. The van der Waals surface area contributed by atoms with Crippen molar-refractivity contribution in [1.82, 2.24) is 4.98 Å². The predicted octanol–water partition coefficient (Wildman–Crippen LogP) is 4.91. The van der Waals surface area contributed by atoms with Gasteiger partial charge in [0, 0.05) is 5.39 Å². The van der Waals surface area contributed by atoms with Crippen LogP contribution in [0.4, 0.5) is 4.39 Å². The van der Waals surface area contributed by atoms with E-state index in [0.717, 1.165) is 0 Å². The van der Waals surface area contributed by atoms with E-state index in [1.54, 1.807) is 0 Å². The number of rotatable bonds is 1. The van der Waals surface area contributed by atoms with Crippen molar-refractivity contribution >= 4 is 67.9 Å². The first-order chi connectivity index (χ1) is 7.97. The van der Waals surface area contributed by atoms with Crippen molar-refractivity contribution in [1.29, 1.82) is 0 Å². The third-order valence-corrected chi connectivity index (χ3v) is 4.16. The average molecular weight is 357 g/mol. The zero-order valence-corrected chi connectivity index (χ0v) is 11.8. The molecule has 0 radical (unpaired) electrons. The van der Waals surface area contributed by atoms with Crippen LogP contribution in [-0.4, -0.2) is 11.3 Å². The van der Waals surface area contributed by atoms with Crippen molar-refractivity contribution in [2.45, 2.75) is 0 Å². The molecule has 0 aliphatic rings. The Labute approximate surface area is 119 Å². The normalized spacial score (nSPS) is 10.9. The third-order valence-electron chi connectivity index (χ3n) is 2.16. The number of benzene rings is 1. The molecule has 7 heteroatoms. The van der Waals surface area contributed by atoms with E-state index < -0.39 is 5.82 Å². The van der Waals surface area contributed by atoms with Gasteiger partial charge in [-0.2, -0.15) is 0 Å². The molecule has 2 nitrogen and oxygen atoms in total. The quantitative estimate of drug-likeness (QED) is 0.412. The molecule has 17 heavy (non-hydrogen) atoms. The average Bonchev–Trinajstić information content (AvgIpc) is 2.29. The molecule has 88 valence electrons. The highest BCUT2D eigenvalue weighted by Gasteiger charge is 2.18. The highest BCUT2D eigenvalue weighted by molar-refractivity contribution is 9.10. The van der Waals surface area contributed by atoms with Crippen LogP contribution in [0.1, 0.15) is 10.4 Å². The van der Waals surface area contributed by atoms with Crippen molar-refractivity contribution in [3.8, 4) is 0 Å². The molecule has 0 amide bonds. The minimum atomic E-state index is -0.672. The Morgan fingerprint density at radius 3 is 2.59 bits per heavy atom. The number of aromatic nitrogens is 1. The van der Waals surface area contributed by atoms with Gasteiger partial charge >= 0.3 is 0 Å². The van der Waals surface area contributed by atoms with Crippen LogP contribution >= 0.6 is 50.7 Å². The maximum Gasteiger partial charge on any atom is 0.165 e. The summed E-state index contributed by atoms with van der Waals surface area (Å²) in [5, 5.41) is 0.260. The van der Waals surface area contributed by atoms with Gasteiger partial charge in [0.1, 0.15) is 10.7 Å². The molecular formula is C10H2BrCl3FNO. The van der Waals surface area contributed by atoms with E-state index in [2.05, 4.69) is 20.9 Å². The van der Waals surface area contributed by atoms with Gasteiger partial charge in [-0.3, -0.25) is 4.79 Å². The molecule has 0 fully saturated rings. The summed E-state index contributed by atoms with van der Waals surface area (Å²) < 4.78 is 13.9. The molecule has 2 aromatic rings. The van der Waals surface area contributed by atoms with Gasteiger partial charge in [0.15, 0.2) is 12.1 Å². The predicted molar refractivity (Wildman–Crippen MR) is 69.8 cm³/mol. The largest absolute Gasteiger partial charge is 0.298 e. The number of pyridine rings is 1. The number of carbonyl (C=O) groups excluding carboxylic acids is 1. The Morgan fingerprint density at radius 1 is 1.35 bits per heavy atom. The van der Waals surface area contributed by atoms with Crippen LogP contribution in [-0.2, 0) is 0 Å². The van der Waals surface area contributed by atoms with Crippen LogP contribution in [0.3, 0.4) is 0 Å². The molecule has 0 aliphatic carbocycles. The van der Waals surface area contributed by atoms with Gasteiger partial charge < -0.3 is 0 Å². The molecule has 2 rings (SSSR count). The van der Waals surface area contributed by atoms with Gasteiger partial charge in [-0.1, -0.05) is 34.8 Å². The number of hydrogen-bond acceptors (Lipinski definition) is 2. The molecule has 0 spiro atoms. The highest BCUT2D eigenvalue weighted by atomic mass is 79.9. The van der Waals surface area contributed by atoms with Crippen molar-refractivity contribution < 1.29 is 9.18 Å². The molecule has 0 bridgehead atoms. The SMILES string of the molecule is O=Cc1c(Cl)nc2c(F)c(Br)c(Cl)cc2c1Cl. The second-order valence-electron chi connectivity index (χ2n) is 3.13. The first kappa shape index (κ1) is 13.0. The number of aldehydes is 1. The fraction of sp³-hybridized carbons (Fsp3) is 0. The summed E-state index contributed by atoms with van der Waals surface area (Å²) >= 11 is 20.5. The maximum atomic E-state index is 13.9. The van der Waals surface area contributed by atoms with E-state index >= 15 is 0 Å². The second-order valence-corrected chi connectivity index (χ2v) is 5.07. The van der Waals surface area contributed by atoms with Gasteiger partial charge in [-0.05, 0) is 22.0 Å². The molecular weight excluding hydrogens is 355 g/mol. The molecule has 1 aromatic carbocycles. The van der Waals surface area contributed by atoms with Gasteiger partial charge in [0.05, 0.1) is 20.1 Å². The Bertz CT molecular complexity index is 647. The fourth-order valence-corrected chi connectivity index (χ4v) is 2.40. The number of hydrogen-bond donors (Lipinski definition) is 0. The van der Waals surface area contributed by atoms with E-state index in [4.69, 9.17) is 34.8 Å². The van der Waals surface area contributed by atoms with Crippen molar-refractivity contribution in [2.75, 3.05) is 0 Å². The number of fused-ring (bicyclic) bond motifs is 1. The van der Waals surface area contributed by atoms with Gasteiger partial charge in [-0.15, -0.1) is 0 Å². The standard InChI is InChI=1S/C10H2BrCl3FNO/c11-6-5(12)1-3-7(13)4(2-17)10(14)16-9(3)8(6)15/h1-2H. The van der Waals surface area contributed by atoms with E-state index in [9.17, 15) is 9.18 Å². The lowest BCUT2D eigenvalue weighted by atomic mass is 10.1. The van der Waals surface area contributed by atoms with Crippen LogP contribution in [0.15, 0.2) is 10.5 Å². The molecule has 0 aliphatic heterocycles. The van der Waals surface area contributed by atoms with Crippen LogP contribution in [0.2, 0.25) is 15.2 Å². The van der Waals surface area contributed by atoms with Crippen LogP contribution in [0.25, 0.3) is 10.9 Å². The monoisotopic (exact) mass is 355 g/mol. The van der Waals surface area contributed by atoms with E-state index in [0.29, 0.717) is 6.29 Å². The maximum absolute atomic E-state index is 13.9. The van der Waals surface area contributed by atoms with Crippen molar-refractivity contribution in [2.24, 2.45) is 0 Å². The fourth-order valence-electron chi connectivity index (χ4n) is 1.36. The Morgan fingerprint density at radius 2 is 2.00 bits per heavy atom. The van der Waals surface area contributed by atoms with Crippen LogP contribution in [0.5, 0.6) is 0 Å². The Balaban J connectivity index is 3.02. The zero-order valence-electron chi connectivity index (χ0n) is 7.90. The minimum Gasteiger partial charge on any atom is -0.298 e. The molecule has 1 heterocycles. The summed E-state index contributed by atoms with van der Waals surface area (Å²) in [5.41, 5.74) is -0.0273. The Kier molecular flexibility index (Phi) is 3.59. The van der Waals surface area contributed by atoms with Gasteiger partial charge in [0.25, 0.3) is 0 Å². The topological polar surface area (TPSA) is 30.0 Å². The molecule has 0 unspecified atom stereocenters. The summed E-state index contributed by atoms with van der Waals surface area (Å²) in [6.45, 7) is 0. The lowest BCUT2D eigenvalue weighted by Gasteiger charge is -2.08. The Hall–Kier alpha value is -0.420. The lowest BCUT2D eigenvalue weighted by Crippen LogP contribution is -1.94. The number of nitrogens with zero attached hydrogens (tertiary/aromatic N) is 1. The van der Waals surface area contributed by atoms with Crippen LogP contribution < -0.4 is 0 Å². The highest BCUT2D eigenvalue weighted by Crippen LogP contribution is 2.37. The molecule has 0 N–H and O–H groups in total. The van der Waals surface area contributed by atoms with Crippen molar-refractivity contribution in [3.05, 3.63) is 37.1 Å². The van der Waals surface area contributed by atoms with E-state index in [1.807, 2.05) is 0 Å². The number of carbonyl (C=O) groups is 1. The third kappa shape index (κ3) is 2.03. The summed E-state index contributed by atoms with van der Waals surface area (Å²) in [7, 11) is 0.